The van der Waals surface area contributed by atoms with E-state index in [1.54, 1.807) is 17.0 Å². The summed E-state index contributed by atoms with van der Waals surface area (Å²) in [5.41, 5.74) is 0.641. The van der Waals surface area contributed by atoms with Gasteiger partial charge in [0.05, 0.1) is 6.54 Å². The molecule has 0 aliphatic carbocycles. The zero-order valence-corrected chi connectivity index (χ0v) is 16.8. The Morgan fingerprint density at radius 2 is 1.94 bits per heavy atom. The second-order valence-corrected chi connectivity index (χ2v) is 7.91. The van der Waals surface area contributed by atoms with Crippen molar-refractivity contribution in [1.82, 2.24) is 4.90 Å². The number of carboxylic acids is 1. The molecule has 2 aliphatic heterocycles. The zero-order chi connectivity index (χ0) is 22.8. The fourth-order valence-electron chi connectivity index (χ4n) is 4.00. The monoisotopic (exact) mass is 442 g/mol. The molecule has 1 aromatic carbocycles. The molecule has 1 N–H and O–H groups in total. The number of halogens is 4. The molecule has 1 spiro atoms. The maximum Gasteiger partial charge on any atom is 0.490 e. The van der Waals surface area contributed by atoms with E-state index >= 15 is 0 Å². The molecule has 0 bridgehead atoms. The molecular weight excluding hydrogens is 420 g/mol. The van der Waals surface area contributed by atoms with Gasteiger partial charge in [0, 0.05) is 30.6 Å². The van der Waals surface area contributed by atoms with E-state index in [1.165, 1.54) is 12.1 Å². The first-order chi connectivity index (χ1) is 14.5. The minimum Gasteiger partial charge on any atom is -0.475 e. The number of benzene rings is 1. The Labute approximate surface area is 176 Å². The van der Waals surface area contributed by atoms with Gasteiger partial charge in [0.25, 0.3) is 0 Å². The Bertz CT molecular complexity index is 959. The van der Waals surface area contributed by atoms with Gasteiger partial charge in [0.15, 0.2) is 0 Å². The summed E-state index contributed by atoms with van der Waals surface area (Å²) in [5.74, 6) is -1.07. The molecule has 1 unspecified atom stereocenters. The topological polar surface area (TPSA) is 74.0 Å². The summed E-state index contributed by atoms with van der Waals surface area (Å²) in [6, 6.07) is 10.3. The van der Waals surface area contributed by atoms with Crippen molar-refractivity contribution in [3.63, 3.8) is 0 Å². The highest BCUT2D eigenvalue weighted by Gasteiger charge is 2.47. The summed E-state index contributed by atoms with van der Waals surface area (Å²) in [6.45, 7) is 5.24. The largest absolute Gasteiger partial charge is 0.490 e. The van der Waals surface area contributed by atoms with Gasteiger partial charge in [0.2, 0.25) is 5.91 Å². The first-order valence-corrected chi connectivity index (χ1v) is 9.61. The molecule has 2 saturated heterocycles. The van der Waals surface area contributed by atoms with Crippen LogP contribution in [0.25, 0.3) is 0 Å². The highest BCUT2D eigenvalue weighted by Crippen LogP contribution is 2.42. The van der Waals surface area contributed by atoms with Crippen molar-refractivity contribution in [2.75, 3.05) is 24.5 Å². The van der Waals surface area contributed by atoms with Crippen molar-refractivity contribution >= 4 is 17.6 Å². The van der Waals surface area contributed by atoms with Crippen LogP contribution in [0.2, 0.25) is 0 Å². The normalized spacial score (nSPS) is 21.5. The molecule has 2 aliphatic rings. The lowest BCUT2D eigenvalue weighted by Gasteiger charge is -2.24. The maximum atomic E-state index is 13.5. The number of carbonyl (C=O) groups is 2. The van der Waals surface area contributed by atoms with Crippen molar-refractivity contribution in [3.05, 3.63) is 53.7 Å². The van der Waals surface area contributed by atoms with E-state index in [4.69, 9.17) is 14.3 Å². The number of carboxylic acid groups (broad SMARTS) is 1. The van der Waals surface area contributed by atoms with E-state index in [0.29, 0.717) is 18.7 Å². The Morgan fingerprint density at radius 3 is 2.52 bits per heavy atom. The average Bonchev–Trinajstić information content (AvgIpc) is 3.35. The molecular formula is C21H22F4N2O4. The lowest BCUT2D eigenvalue weighted by molar-refractivity contribution is -0.192. The minimum absolute atomic E-state index is 0.0228. The van der Waals surface area contributed by atoms with Gasteiger partial charge in [-0.05, 0) is 50.2 Å². The number of nitrogens with zero attached hydrogens (tertiary/aromatic N) is 2. The first-order valence-electron chi connectivity index (χ1n) is 9.61. The number of hydrogen-bond donors (Lipinski definition) is 1. The molecule has 0 saturated carbocycles. The van der Waals surface area contributed by atoms with E-state index in [9.17, 15) is 22.4 Å². The van der Waals surface area contributed by atoms with Crippen LogP contribution in [0.5, 0.6) is 0 Å². The summed E-state index contributed by atoms with van der Waals surface area (Å²) in [6.07, 6.45) is -3.55. The molecule has 168 valence electrons. The van der Waals surface area contributed by atoms with Crippen LogP contribution < -0.4 is 4.90 Å². The molecule has 2 aromatic rings. The van der Waals surface area contributed by atoms with Gasteiger partial charge in [0.1, 0.15) is 17.3 Å². The summed E-state index contributed by atoms with van der Waals surface area (Å²) in [5, 5.41) is 7.12. The quantitative estimate of drug-likeness (QED) is 0.728. The summed E-state index contributed by atoms with van der Waals surface area (Å²) in [7, 11) is 0. The number of rotatable bonds is 3. The van der Waals surface area contributed by atoms with Crippen molar-refractivity contribution in [2.24, 2.45) is 5.41 Å². The third kappa shape index (κ3) is 5.63. The third-order valence-electron chi connectivity index (χ3n) is 5.38. The number of likely N-dealkylation sites (tertiary alicyclic amines) is 1. The lowest BCUT2D eigenvalue weighted by atomic mass is 9.86. The molecule has 2 fully saturated rings. The van der Waals surface area contributed by atoms with E-state index in [0.717, 1.165) is 37.6 Å². The number of hydrogen-bond acceptors (Lipinski definition) is 4. The second kappa shape index (κ2) is 8.70. The third-order valence-corrected chi connectivity index (χ3v) is 5.38. The molecule has 1 amide bonds. The molecule has 31 heavy (non-hydrogen) atoms. The standard InChI is InChI=1S/C19H21FN2O2.C2HF3O2/c1-14-5-6-17(24-14)11-21-8-7-19(12-21)10-18(23)22(13-19)16-4-2-3-15(20)9-16;3-2(4,5)1(6)7/h2-6,9H,7-8,10-13H2,1H3;(H,6,7). The van der Waals surface area contributed by atoms with Gasteiger partial charge in [-0.3, -0.25) is 9.69 Å². The van der Waals surface area contributed by atoms with E-state index in [2.05, 4.69) is 4.90 Å². The smallest absolute Gasteiger partial charge is 0.475 e. The Hall–Kier alpha value is -2.88. The van der Waals surface area contributed by atoms with Gasteiger partial charge >= 0.3 is 12.1 Å². The molecule has 1 atom stereocenters. The van der Waals surface area contributed by atoms with Crippen LogP contribution in [0.3, 0.4) is 0 Å². The number of anilines is 1. The molecule has 4 rings (SSSR count). The molecule has 10 heteroatoms. The van der Waals surface area contributed by atoms with Gasteiger partial charge in [-0.2, -0.15) is 13.2 Å². The lowest BCUT2D eigenvalue weighted by Crippen LogP contribution is -2.31. The fraction of sp³-hybridized carbons (Fsp3) is 0.429. The fourth-order valence-corrected chi connectivity index (χ4v) is 4.00. The van der Waals surface area contributed by atoms with E-state index in [-0.39, 0.29) is 17.1 Å². The van der Waals surface area contributed by atoms with Crippen LogP contribution in [0.15, 0.2) is 40.8 Å². The van der Waals surface area contributed by atoms with E-state index in [1.807, 2.05) is 19.1 Å². The highest BCUT2D eigenvalue weighted by molar-refractivity contribution is 5.96. The van der Waals surface area contributed by atoms with Crippen LogP contribution in [0, 0.1) is 18.2 Å². The van der Waals surface area contributed by atoms with Crippen LogP contribution in [-0.4, -0.2) is 47.7 Å². The van der Waals surface area contributed by atoms with Crippen molar-refractivity contribution < 1.29 is 36.7 Å². The maximum absolute atomic E-state index is 13.5. The van der Waals surface area contributed by atoms with Gasteiger partial charge < -0.3 is 14.4 Å². The highest BCUT2D eigenvalue weighted by atomic mass is 19.4. The predicted molar refractivity (Wildman–Crippen MR) is 103 cm³/mol. The van der Waals surface area contributed by atoms with Crippen molar-refractivity contribution in [2.45, 2.75) is 32.5 Å². The zero-order valence-electron chi connectivity index (χ0n) is 16.8. The summed E-state index contributed by atoms with van der Waals surface area (Å²) >= 11 is 0. The Kier molecular flexibility index (Phi) is 6.40. The van der Waals surface area contributed by atoms with Crippen molar-refractivity contribution in [3.8, 4) is 0 Å². The number of amides is 1. The number of furan rings is 1. The number of aliphatic carboxylic acids is 1. The molecule has 3 heterocycles. The van der Waals surface area contributed by atoms with Crippen LogP contribution in [-0.2, 0) is 16.1 Å². The number of carbonyl (C=O) groups excluding carboxylic acids is 1. The Balaban J connectivity index is 0.000000339. The van der Waals surface area contributed by atoms with Crippen LogP contribution >= 0.6 is 0 Å². The van der Waals surface area contributed by atoms with Crippen LogP contribution in [0.1, 0.15) is 24.4 Å². The number of alkyl halides is 3. The molecule has 0 radical (unpaired) electrons. The van der Waals surface area contributed by atoms with Gasteiger partial charge in [-0.1, -0.05) is 6.07 Å². The summed E-state index contributed by atoms with van der Waals surface area (Å²) in [4.78, 5) is 25.5. The van der Waals surface area contributed by atoms with E-state index < -0.39 is 12.1 Å². The van der Waals surface area contributed by atoms with Gasteiger partial charge in [-0.15, -0.1) is 0 Å². The Morgan fingerprint density at radius 1 is 1.23 bits per heavy atom. The predicted octanol–water partition coefficient (Wildman–Crippen LogP) is 3.99. The van der Waals surface area contributed by atoms with Crippen LogP contribution in [0.4, 0.5) is 23.2 Å². The molecule has 1 aromatic heterocycles. The number of aryl methyl sites for hydroxylation is 1. The van der Waals surface area contributed by atoms with Crippen molar-refractivity contribution in [1.29, 1.82) is 0 Å². The summed E-state index contributed by atoms with van der Waals surface area (Å²) < 4.78 is 50.9. The molecule has 6 nitrogen and oxygen atoms in total. The minimum atomic E-state index is -5.08. The first kappa shape index (κ1) is 22.8. The van der Waals surface area contributed by atoms with Gasteiger partial charge in [-0.25, -0.2) is 9.18 Å². The second-order valence-electron chi connectivity index (χ2n) is 7.91. The SMILES string of the molecule is Cc1ccc(CN2CCC3(CC(=O)N(c4cccc(F)c4)C3)C2)o1.O=C(O)C(F)(F)F. The average molecular weight is 442 g/mol.